The molecule has 7 heteroatoms. The van der Waals surface area contributed by atoms with E-state index in [2.05, 4.69) is 4.72 Å². The number of benzene rings is 2. The molecule has 0 aliphatic carbocycles. The van der Waals surface area contributed by atoms with Crippen LogP contribution >= 0.6 is 0 Å². The Kier molecular flexibility index (Phi) is 6.36. The molecule has 1 atom stereocenters. The molecule has 1 heterocycles. The Labute approximate surface area is 166 Å². The van der Waals surface area contributed by atoms with Crippen LogP contribution in [0.25, 0.3) is 11.1 Å². The van der Waals surface area contributed by atoms with E-state index >= 15 is 0 Å². The van der Waals surface area contributed by atoms with Crippen molar-refractivity contribution in [2.75, 3.05) is 33.0 Å². The Bertz CT molecular complexity index is 943. The monoisotopic (exact) mass is 402 g/mol. The van der Waals surface area contributed by atoms with Crippen molar-refractivity contribution in [1.29, 1.82) is 0 Å². The second-order valence-corrected chi connectivity index (χ2v) is 8.96. The predicted octanol–water partition coefficient (Wildman–Crippen LogP) is 2.76. The number of likely N-dealkylation sites (tertiary alicyclic amines) is 1. The van der Waals surface area contributed by atoms with Gasteiger partial charge in [-0.2, -0.15) is 0 Å². The molecule has 28 heavy (non-hydrogen) atoms. The molecule has 0 spiro atoms. The molecule has 1 saturated heterocycles. The first-order valence-corrected chi connectivity index (χ1v) is 11.2. The normalized spacial score (nSPS) is 17.4. The number of amides is 1. The first-order chi connectivity index (χ1) is 13.4. The lowest BCUT2D eigenvalue weighted by molar-refractivity contribution is 0.0677. The Morgan fingerprint density at radius 3 is 2.54 bits per heavy atom. The fourth-order valence-electron chi connectivity index (χ4n) is 3.63. The van der Waals surface area contributed by atoms with E-state index in [1.807, 2.05) is 53.4 Å². The summed E-state index contributed by atoms with van der Waals surface area (Å²) < 4.78 is 30.8. The SMILES string of the molecule is COc1ccccc1-c1ccccc1C(=O)N1CCCC(CNS(C)(=O)=O)C1. The molecule has 1 fully saturated rings. The summed E-state index contributed by atoms with van der Waals surface area (Å²) in [7, 11) is -1.61. The second-order valence-electron chi connectivity index (χ2n) is 7.13. The van der Waals surface area contributed by atoms with Gasteiger partial charge < -0.3 is 9.64 Å². The van der Waals surface area contributed by atoms with E-state index in [0.29, 0.717) is 25.2 Å². The molecule has 0 saturated carbocycles. The minimum Gasteiger partial charge on any atom is -0.496 e. The zero-order valence-corrected chi connectivity index (χ0v) is 17.0. The van der Waals surface area contributed by atoms with E-state index in [1.54, 1.807) is 7.11 Å². The van der Waals surface area contributed by atoms with Gasteiger partial charge in [0.25, 0.3) is 5.91 Å². The fraction of sp³-hybridized carbons (Fsp3) is 0.381. The lowest BCUT2D eigenvalue weighted by Gasteiger charge is -2.33. The summed E-state index contributed by atoms with van der Waals surface area (Å²) in [4.78, 5) is 15.1. The van der Waals surface area contributed by atoms with Crippen LogP contribution in [0.5, 0.6) is 5.75 Å². The number of nitrogens with zero attached hydrogens (tertiary/aromatic N) is 1. The van der Waals surface area contributed by atoms with Crippen LogP contribution < -0.4 is 9.46 Å². The maximum Gasteiger partial charge on any atom is 0.254 e. The van der Waals surface area contributed by atoms with Crippen molar-refractivity contribution in [3.63, 3.8) is 0 Å². The molecular formula is C21H26N2O4S. The molecule has 1 aliphatic rings. The highest BCUT2D eigenvalue weighted by Crippen LogP contribution is 2.33. The van der Waals surface area contributed by atoms with Gasteiger partial charge in [0, 0.05) is 30.8 Å². The zero-order chi connectivity index (χ0) is 20.1. The van der Waals surface area contributed by atoms with Crippen molar-refractivity contribution in [3.05, 3.63) is 54.1 Å². The smallest absolute Gasteiger partial charge is 0.254 e. The van der Waals surface area contributed by atoms with E-state index in [0.717, 1.165) is 36.0 Å². The molecule has 3 rings (SSSR count). The van der Waals surface area contributed by atoms with Crippen LogP contribution in [0.15, 0.2) is 48.5 Å². The Hall–Kier alpha value is -2.38. The van der Waals surface area contributed by atoms with E-state index in [4.69, 9.17) is 4.74 Å². The van der Waals surface area contributed by atoms with Gasteiger partial charge in [-0.25, -0.2) is 13.1 Å². The molecule has 1 unspecified atom stereocenters. The number of para-hydroxylation sites is 1. The molecule has 2 aromatic carbocycles. The number of carbonyl (C=O) groups is 1. The van der Waals surface area contributed by atoms with Crippen molar-refractivity contribution in [2.45, 2.75) is 12.8 Å². The van der Waals surface area contributed by atoms with Crippen molar-refractivity contribution >= 4 is 15.9 Å². The number of piperidine rings is 1. The first kappa shape index (κ1) is 20.4. The Balaban J connectivity index is 1.83. The van der Waals surface area contributed by atoms with Gasteiger partial charge in [0.1, 0.15) is 5.75 Å². The summed E-state index contributed by atoms with van der Waals surface area (Å²) in [5.74, 6) is 0.799. The van der Waals surface area contributed by atoms with Gasteiger partial charge in [-0.1, -0.05) is 36.4 Å². The number of sulfonamides is 1. The van der Waals surface area contributed by atoms with Crippen LogP contribution in [0, 0.1) is 5.92 Å². The third-order valence-corrected chi connectivity index (χ3v) is 5.69. The van der Waals surface area contributed by atoms with Crippen LogP contribution in [0.1, 0.15) is 23.2 Å². The third kappa shape index (κ3) is 4.91. The second kappa shape index (κ2) is 8.75. The fourth-order valence-corrected chi connectivity index (χ4v) is 4.17. The van der Waals surface area contributed by atoms with Gasteiger partial charge in [-0.15, -0.1) is 0 Å². The summed E-state index contributed by atoms with van der Waals surface area (Å²) >= 11 is 0. The van der Waals surface area contributed by atoms with Gasteiger partial charge in [0.05, 0.1) is 13.4 Å². The lowest BCUT2D eigenvalue weighted by atomic mass is 9.95. The molecule has 0 aromatic heterocycles. The largest absolute Gasteiger partial charge is 0.496 e. The van der Waals surface area contributed by atoms with E-state index in [9.17, 15) is 13.2 Å². The zero-order valence-electron chi connectivity index (χ0n) is 16.2. The predicted molar refractivity (Wildman–Crippen MR) is 110 cm³/mol. The minimum atomic E-state index is -3.23. The summed E-state index contributed by atoms with van der Waals surface area (Å²) in [5, 5.41) is 0. The quantitative estimate of drug-likeness (QED) is 0.806. The molecule has 1 N–H and O–H groups in total. The summed E-state index contributed by atoms with van der Waals surface area (Å²) in [6.07, 6.45) is 2.92. The average molecular weight is 403 g/mol. The van der Waals surface area contributed by atoms with Crippen LogP contribution in [-0.2, 0) is 10.0 Å². The van der Waals surface area contributed by atoms with Crippen molar-refractivity contribution in [2.24, 2.45) is 5.92 Å². The van der Waals surface area contributed by atoms with Gasteiger partial charge in [-0.05, 0) is 36.5 Å². The molecular weight excluding hydrogens is 376 g/mol. The average Bonchev–Trinajstić information content (AvgIpc) is 2.71. The van der Waals surface area contributed by atoms with Gasteiger partial charge in [0.15, 0.2) is 0 Å². The number of hydrogen-bond acceptors (Lipinski definition) is 4. The Morgan fingerprint density at radius 1 is 1.14 bits per heavy atom. The number of rotatable bonds is 6. The van der Waals surface area contributed by atoms with Crippen molar-refractivity contribution < 1.29 is 17.9 Å². The molecule has 6 nitrogen and oxygen atoms in total. The molecule has 150 valence electrons. The number of carbonyl (C=O) groups excluding carboxylic acids is 1. The van der Waals surface area contributed by atoms with Crippen LogP contribution in [-0.4, -0.2) is 52.2 Å². The van der Waals surface area contributed by atoms with E-state index in [1.165, 1.54) is 0 Å². The summed E-state index contributed by atoms with van der Waals surface area (Å²) in [6, 6.07) is 15.2. The first-order valence-electron chi connectivity index (χ1n) is 9.35. The van der Waals surface area contributed by atoms with E-state index in [-0.39, 0.29) is 11.8 Å². The summed E-state index contributed by atoms with van der Waals surface area (Å²) in [6.45, 7) is 1.58. The highest BCUT2D eigenvalue weighted by Gasteiger charge is 2.26. The van der Waals surface area contributed by atoms with Gasteiger partial charge >= 0.3 is 0 Å². The molecule has 1 amide bonds. The molecule has 1 aliphatic heterocycles. The number of hydrogen-bond donors (Lipinski definition) is 1. The van der Waals surface area contributed by atoms with E-state index < -0.39 is 10.0 Å². The van der Waals surface area contributed by atoms with Crippen molar-refractivity contribution in [1.82, 2.24) is 9.62 Å². The summed E-state index contributed by atoms with van der Waals surface area (Å²) in [5.41, 5.74) is 2.34. The van der Waals surface area contributed by atoms with Crippen molar-refractivity contribution in [3.8, 4) is 16.9 Å². The number of ether oxygens (including phenoxy) is 1. The minimum absolute atomic E-state index is 0.0365. The molecule has 2 aromatic rings. The highest BCUT2D eigenvalue weighted by atomic mass is 32.2. The molecule has 0 bridgehead atoms. The highest BCUT2D eigenvalue weighted by molar-refractivity contribution is 7.88. The third-order valence-electron chi connectivity index (χ3n) is 5.00. The number of methoxy groups -OCH3 is 1. The van der Waals surface area contributed by atoms with Crippen LogP contribution in [0.4, 0.5) is 0 Å². The maximum absolute atomic E-state index is 13.3. The van der Waals surface area contributed by atoms with Crippen LogP contribution in [0.2, 0.25) is 0 Å². The topological polar surface area (TPSA) is 75.7 Å². The van der Waals surface area contributed by atoms with Crippen LogP contribution in [0.3, 0.4) is 0 Å². The van der Waals surface area contributed by atoms with Gasteiger partial charge in [0.2, 0.25) is 10.0 Å². The maximum atomic E-state index is 13.3. The lowest BCUT2D eigenvalue weighted by Crippen LogP contribution is -2.43. The number of nitrogens with one attached hydrogen (secondary N) is 1. The standard InChI is InChI=1S/C21H26N2O4S/c1-27-20-12-6-5-10-18(20)17-9-3-4-11-19(17)21(24)23-13-7-8-16(15-23)14-22-28(2,25)26/h3-6,9-12,16,22H,7-8,13-15H2,1-2H3. The van der Waals surface area contributed by atoms with Gasteiger partial charge in [-0.3, -0.25) is 4.79 Å². The Morgan fingerprint density at radius 2 is 1.82 bits per heavy atom. The molecule has 0 radical (unpaired) electrons.